The van der Waals surface area contributed by atoms with Gasteiger partial charge in [-0.3, -0.25) is 0 Å². The summed E-state index contributed by atoms with van der Waals surface area (Å²) >= 11 is 1.77. The molecule has 0 radical (unpaired) electrons. The lowest BCUT2D eigenvalue weighted by atomic mass is 10.00. The summed E-state index contributed by atoms with van der Waals surface area (Å²) in [7, 11) is 2.04. The van der Waals surface area contributed by atoms with E-state index >= 15 is 0 Å². The average Bonchev–Trinajstić information content (AvgIpc) is 2.81. The minimum Gasteiger partial charge on any atom is -0.317 e. The number of rotatable bonds is 6. The fourth-order valence-electron chi connectivity index (χ4n) is 2.28. The summed E-state index contributed by atoms with van der Waals surface area (Å²) in [6.45, 7) is 4.25. The highest BCUT2D eigenvalue weighted by Crippen LogP contribution is 2.15. The molecule has 0 saturated heterocycles. The van der Waals surface area contributed by atoms with E-state index in [2.05, 4.69) is 53.8 Å². The molecular formula is C16H22N2S. The molecule has 2 nitrogen and oxygen atoms in total. The molecule has 1 aromatic heterocycles. The third-order valence-electron chi connectivity index (χ3n) is 3.52. The van der Waals surface area contributed by atoms with Gasteiger partial charge in [-0.15, -0.1) is 11.3 Å². The molecule has 2 aromatic rings. The lowest BCUT2D eigenvalue weighted by Gasteiger charge is -2.15. The highest BCUT2D eigenvalue weighted by atomic mass is 32.1. The minimum atomic E-state index is 0.505. The van der Waals surface area contributed by atoms with Crippen molar-refractivity contribution in [1.82, 2.24) is 10.3 Å². The Bertz CT molecular complexity index is 519. The van der Waals surface area contributed by atoms with Crippen molar-refractivity contribution >= 4 is 11.3 Å². The molecule has 102 valence electrons. The van der Waals surface area contributed by atoms with E-state index in [9.17, 15) is 0 Å². The molecule has 1 N–H and O–H groups in total. The predicted octanol–water partition coefficient (Wildman–Crippen LogP) is 3.52. The minimum absolute atomic E-state index is 0.505. The number of hydrogen-bond donors (Lipinski definition) is 1. The zero-order valence-corrected chi connectivity index (χ0v) is 12.8. The van der Waals surface area contributed by atoms with E-state index in [0.29, 0.717) is 6.04 Å². The van der Waals surface area contributed by atoms with Crippen LogP contribution in [0.3, 0.4) is 0 Å². The van der Waals surface area contributed by atoms with Crippen LogP contribution in [0.5, 0.6) is 0 Å². The fourth-order valence-corrected chi connectivity index (χ4v) is 3.13. The van der Waals surface area contributed by atoms with Crippen LogP contribution in [0.15, 0.2) is 29.6 Å². The van der Waals surface area contributed by atoms with Crippen LogP contribution in [-0.4, -0.2) is 18.1 Å². The first-order chi connectivity index (χ1) is 9.19. The van der Waals surface area contributed by atoms with Crippen LogP contribution in [0, 0.1) is 13.8 Å². The number of nitrogens with one attached hydrogen (secondary N) is 1. The zero-order valence-electron chi connectivity index (χ0n) is 11.9. The van der Waals surface area contributed by atoms with E-state index in [-0.39, 0.29) is 0 Å². The Hall–Kier alpha value is -1.19. The van der Waals surface area contributed by atoms with Crippen molar-refractivity contribution < 1.29 is 0 Å². The zero-order chi connectivity index (χ0) is 13.7. The standard InChI is InChI=1S/C16H22N2S/c1-12-6-4-5-7-14(12)8-9-15(17-3)10-16-18-13(2)11-19-16/h4-7,11,15,17H,8-10H2,1-3H3. The lowest BCUT2D eigenvalue weighted by Crippen LogP contribution is -2.28. The normalized spacial score (nSPS) is 12.6. The van der Waals surface area contributed by atoms with Crippen LogP contribution in [0.1, 0.15) is 28.2 Å². The van der Waals surface area contributed by atoms with Crippen LogP contribution >= 0.6 is 11.3 Å². The van der Waals surface area contributed by atoms with Crippen LogP contribution in [0.25, 0.3) is 0 Å². The van der Waals surface area contributed by atoms with Gasteiger partial charge in [0.15, 0.2) is 0 Å². The maximum absolute atomic E-state index is 4.55. The molecule has 3 heteroatoms. The van der Waals surface area contributed by atoms with Gasteiger partial charge in [0.05, 0.1) is 5.01 Å². The summed E-state index contributed by atoms with van der Waals surface area (Å²) in [4.78, 5) is 4.55. The monoisotopic (exact) mass is 274 g/mol. The number of thiazole rings is 1. The second kappa shape index (κ2) is 6.83. The topological polar surface area (TPSA) is 24.9 Å². The van der Waals surface area contributed by atoms with Crippen LogP contribution in [0.2, 0.25) is 0 Å². The van der Waals surface area contributed by atoms with Crippen molar-refractivity contribution in [3.8, 4) is 0 Å². The van der Waals surface area contributed by atoms with Gasteiger partial charge >= 0.3 is 0 Å². The van der Waals surface area contributed by atoms with Gasteiger partial charge in [-0.2, -0.15) is 0 Å². The van der Waals surface area contributed by atoms with Crippen LogP contribution < -0.4 is 5.32 Å². The van der Waals surface area contributed by atoms with E-state index < -0.39 is 0 Å². The van der Waals surface area contributed by atoms with Crippen molar-refractivity contribution in [3.63, 3.8) is 0 Å². The van der Waals surface area contributed by atoms with E-state index in [0.717, 1.165) is 25.0 Å². The SMILES string of the molecule is CNC(CCc1ccccc1C)Cc1nc(C)cs1. The van der Waals surface area contributed by atoms with Gasteiger partial charge in [-0.25, -0.2) is 4.98 Å². The second-order valence-corrected chi connectivity index (χ2v) is 5.98. The summed E-state index contributed by atoms with van der Waals surface area (Å²) in [5, 5.41) is 6.78. The molecule has 0 saturated carbocycles. The number of nitrogens with zero attached hydrogens (tertiary/aromatic N) is 1. The summed E-state index contributed by atoms with van der Waals surface area (Å²) in [6.07, 6.45) is 3.31. The van der Waals surface area contributed by atoms with Crippen molar-refractivity contribution in [2.75, 3.05) is 7.05 Å². The highest BCUT2D eigenvalue weighted by Gasteiger charge is 2.10. The molecule has 1 atom stereocenters. The molecule has 1 aromatic carbocycles. The maximum Gasteiger partial charge on any atom is 0.0943 e. The Balaban J connectivity index is 1.91. The average molecular weight is 274 g/mol. The Morgan fingerprint density at radius 1 is 1.26 bits per heavy atom. The number of hydrogen-bond acceptors (Lipinski definition) is 3. The van der Waals surface area contributed by atoms with E-state index in [1.807, 2.05) is 7.05 Å². The molecular weight excluding hydrogens is 252 g/mol. The van der Waals surface area contributed by atoms with Crippen molar-refractivity contribution in [3.05, 3.63) is 51.5 Å². The van der Waals surface area contributed by atoms with Gasteiger partial charge in [-0.1, -0.05) is 24.3 Å². The van der Waals surface area contributed by atoms with Gasteiger partial charge in [-0.05, 0) is 44.9 Å². The van der Waals surface area contributed by atoms with Crippen molar-refractivity contribution in [1.29, 1.82) is 0 Å². The quantitative estimate of drug-likeness (QED) is 0.871. The first kappa shape index (κ1) is 14.2. The van der Waals surface area contributed by atoms with Crippen molar-refractivity contribution in [2.24, 2.45) is 0 Å². The lowest BCUT2D eigenvalue weighted by molar-refractivity contribution is 0.518. The van der Waals surface area contributed by atoms with Crippen LogP contribution in [0.4, 0.5) is 0 Å². The molecule has 0 aliphatic carbocycles. The highest BCUT2D eigenvalue weighted by molar-refractivity contribution is 7.09. The number of aryl methyl sites for hydroxylation is 3. The molecule has 1 heterocycles. The van der Waals surface area contributed by atoms with E-state index in [1.54, 1.807) is 11.3 Å². The van der Waals surface area contributed by atoms with E-state index in [1.165, 1.54) is 16.1 Å². The van der Waals surface area contributed by atoms with Crippen molar-refractivity contribution in [2.45, 2.75) is 39.2 Å². The Morgan fingerprint density at radius 2 is 2.05 bits per heavy atom. The maximum atomic E-state index is 4.55. The molecule has 0 spiro atoms. The number of aromatic nitrogens is 1. The van der Waals surface area contributed by atoms with Gasteiger partial charge in [0.1, 0.15) is 0 Å². The van der Waals surface area contributed by atoms with Crippen LogP contribution in [-0.2, 0) is 12.8 Å². The van der Waals surface area contributed by atoms with Gasteiger partial charge < -0.3 is 5.32 Å². The van der Waals surface area contributed by atoms with E-state index in [4.69, 9.17) is 0 Å². The first-order valence-electron chi connectivity index (χ1n) is 6.82. The van der Waals surface area contributed by atoms with Gasteiger partial charge in [0, 0.05) is 23.5 Å². The third-order valence-corrected chi connectivity index (χ3v) is 4.51. The molecule has 0 aliphatic rings. The number of benzene rings is 1. The molecule has 2 rings (SSSR count). The van der Waals surface area contributed by atoms with Gasteiger partial charge in [0.25, 0.3) is 0 Å². The summed E-state index contributed by atoms with van der Waals surface area (Å²) in [5.41, 5.74) is 3.98. The van der Waals surface area contributed by atoms with Gasteiger partial charge in [0.2, 0.25) is 0 Å². The largest absolute Gasteiger partial charge is 0.317 e. The Kier molecular flexibility index (Phi) is 5.11. The number of likely N-dealkylation sites (N-methyl/N-ethyl adjacent to an activating group) is 1. The fraction of sp³-hybridized carbons (Fsp3) is 0.438. The summed E-state index contributed by atoms with van der Waals surface area (Å²) in [5.74, 6) is 0. The summed E-state index contributed by atoms with van der Waals surface area (Å²) < 4.78 is 0. The first-order valence-corrected chi connectivity index (χ1v) is 7.69. The second-order valence-electron chi connectivity index (χ2n) is 5.04. The molecule has 0 bridgehead atoms. The summed E-state index contributed by atoms with van der Waals surface area (Å²) in [6, 6.07) is 9.15. The molecule has 0 fully saturated rings. The molecule has 0 aliphatic heterocycles. The predicted molar refractivity (Wildman–Crippen MR) is 82.9 cm³/mol. The smallest absolute Gasteiger partial charge is 0.0943 e. The molecule has 19 heavy (non-hydrogen) atoms. The Morgan fingerprint density at radius 3 is 2.68 bits per heavy atom. The molecule has 0 amide bonds. The third kappa shape index (κ3) is 4.15. The molecule has 1 unspecified atom stereocenters. The Labute approximate surface area is 119 Å².